The lowest BCUT2D eigenvalue weighted by Crippen LogP contribution is -2.45. The fraction of sp³-hybridized carbons (Fsp3) is 0.759. The monoisotopic (exact) mass is 1160 g/mol. The van der Waals surface area contributed by atoms with Crippen molar-refractivity contribution in [3.05, 3.63) is 41.7 Å². The van der Waals surface area contributed by atoms with Crippen molar-refractivity contribution in [3.63, 3.8) is 0 Å². The first-order valence-electron chi connectivity index (χ1n) is 27.9. The highest BCUT2D eigenvalue weighted by Gasteiger charge is 2.28. The van der Waals surface area contributed by atoms with E-state index < -0.39 is 42.4 Å². The lowest BCUT2D eigenvalue weighted by atomic mass is 9.90. The number of rotatable bonds is 53. The molecule has 27 nitrogen and oxygen atoms in total. The average Bonchev–Trinajstić information content (AvgIpc) is 3.88. The maximum absolute atomic E-state index is 13.4. The summed E-state index contributed by atoms with van der Waals surface area (Å²) in [5.41, 5.74) is 8.84. The molecule has 0 aliphatic heterocycles. The highest BCUT2D eigenvalue weighted by atomic mass is 16.6. The molecule has 8 N–H and O–H groups in total. The molecular formula is C54H95N9O18. The van der Waals surface area contributed by atoms with Crippen LogP contribution in [-0.2, 0) is 90.9 Å². The number of Topliss-reactive ketones (excluding diaryl/α,β-unsaturated/α-hetero) is 1. The molecule has 27 heteroatoms. The van der Waals surface area contributed by atoms with Gasteiger partial charge in [-0.3, -0.25) is 14.4 Å². The van der Waals surface area contributed by atoms with Gasteiger partial charge in [-0.1, -0.05) is 52.0 Å². The first-order chi connectivity index (χ1) is 39.1. The molecule has 0 aliphatic rings. The summed E-state index contributed by atoms with van der Waals surface area (Å²) in [5.74, 6) is -2.08. The molecule has 0 bridgehead atoms. The van der Waals surface area contributed by atoms with Gasteiger partial charge in [-0.05, 0) is 54.7 Å². The van der Waals surface area contributed by atoms with E-state index in [0.29, 0.717) is 175 Å². The van der Waals surface area contributed by atoms with Gasteiger partial charge in [0.25, 0.3) is 0 Å². The van der Waals surface area contributed by atoms with Crippen molar-refractivity contribution < 1.29 is 86.0 Å². The second kappa shape index (κ2) is 47.5. The summed E-state index contributed by atoms with van der Waals surface area (Å²) in [7, 11) is 0. The highest BCUT2D eigenvalue weighted by Crippen LogP contribution is 2.20. The molecule has 0 spiro atoms. The Morgan fingerprint density at radius 2 is 1.12 bits per heavy atom. The molecule has 0 radical (unpaired) electrons. The fourth-order valence-corrected chi connectivity index (χ4v) is 6.99. The third kappa shape index (κ3) is 42.5. The number of nitrogens with one attached hydrogen (secondary N) is 5. The minimum absolute atomic E-state index is 0.0491. The number of alkyl carbamates (subject to hydrolysis) is 1. The number of benzene rings is 1. The van der Waals surface area contributed by atoms with Crippen LogP contribution in [0.3, 0.4) is 0 Å². The molecule has 0 unspecified atom stereocenters. The summed E-state index contributed by atoms with van der Waals surface area (Å²) in [6.07, 6.45) is 2.83. The van der Waals surface area contributed by atoms with E-state index in [9.17, 15) is 24.0 Å². The van der Waals surface area contributed by atoms with Crippen LogP contribution in [0.4, 0.5) is 15.3 Å². The first-order valence-corrected chi connectivity index (χ1v) is 27.9. The van der Waals surface area contributed by atoms with Crippen LogP contribution in [0, 0.1) is 17.3 Å². The van der Waals surface area contributed by atoms with Crippen LogP contribution in [0.25, 0.3) is 0 Å². The Labute approximate surface area is 477 Å². The average molecular weight is 1160 g/mol. The Kier molecular flexibility index (Phi) is 42.3. The number of anilines is 1. The van der Waals surface area contributed by atoms with Crippen molar-refractivity contribution in [2.24, 2.45) is 23.0 Å². The Bertz CT molecular complexity index is 1930. The molecule has 0 saturated carbocycles. The summed E-state index contributed by atoms with van der Waals surface area (Å²) in [6.45, 7) is 21.4. The second-order valence-corrected chi connectivity index (χ2v) is 20.0. The van der Waals surface area contributed by atoms with Gasteiger partial charge in [0, 0.05) is 31.2 Å². The van der Waals surface area contributed by atoms with E-state index in [0.717, 1.165) is 13.0 Å². The third-order valence-corrected chi connectivity index (χ3v) is 11.3. The van der Waals surface area contributed by atoms with Gasteiger partial charge in [0.15, 0.2) is 5.78 Å². The number of hydrogen-bond acceptors (Lipinski definition) is 21. The highest BCUT2D eigenvalue weighted by molar-refractivity contribution is 5.97. The molecular weight excluding hydrogens is 1060 g/mol. The van der Waals surface area contributed by atoms with Crippen LogP contribution in [0.1, 0.15) is 78.0 Å². The van der Waals surface area contributed by atoms with Crippen LogP contribution in [0.15, 0.2) is 30.5 Å². The second-order valence-electron chi connectivity index (χ2n) is 20.0. The van der Waals surface area contributed by atoms with Gasteiger partial charge in [0.1, 0.15) is 12.3 Å². The lowest BCUT2D eigenvalue weighted by molar-refractivity contribution is -0.130. The standard InChI is InChI=1S/C54H95N9O18/c1-43(2)37-48(60-50(65)40-58-69)49(64)38-45(7-6-13-56-52(55)67)51(66)59-46-10-8-44(9-11-46)42-81-53(68)57-39-47-41-63(62-61-47)14-16-71-18-20-73-22-24-75-26-28-77-30-32-79-34-36-80-35-33-78-31-29-76-27-25-74-23-21-72-19-17-70-15-12-54(3,4)5/h8-11,41,43,45,48,58,69H,6-7,12-40,42H2,1-5H3,(H,57,68)(H,59,66)(H,60,65)(H3,55,56,67)/t45-,48+/m1/s1. The molecule has 5 amide bonds. The summed E-state index contributed by atoms with van der Waals surface area (Å²) >= 11 is 0. The first kappa shape index (κ1) is 72.1. The Balaban J connectivity index is 1.42. The molecule has 0 aliphatic carbocycles. The summed E-state index contributed by atoms with van der Waals surface area (Å²) in [4.78, 5) is 62.6. The van der Waals surface area contributed by atoms with Crippen LogP contribution >= 0.6 is 0 Å². The number of carbonyl (C=O) groups is 5. The maximum Gasteiger partial charge on any atom is 0.407 e. The van der Waals surface area contributed by atoms with E-state index in [2.05, 4.69) is 52.4 Å². The zero-order chi connectivity index (χ0) is 59.0. The number of nitrogens with two attached hydrogens (primary N) is 1. The van der Waals surface area contributed by atoms with Crippen LogP contribution in [0.2, 0.25) is 0 Å². The van der Waals surface area contributed by atoms with Crippen LogP contribution in [0.5, 0.6) is 0 Å². The minimum atomic E-state index is -0.862. The summed E-state index contributed by atoms with van der Waals surface area (Å²) in [6, 6.07) is 5.07. The molecule has 0 fully saturated rings. The number of nitrogens with zero attached hydrogens (tertiary/aromatic N) is 3. The minimum Gasteiger partial charge on any atom is -0.445 e. The van der Waals surface area contributed by atoms with Crippen molar-refractivity contribution in [1.29, 1.82) is 0 Å². The predicted octanol–water partition coefficient (Wildman–Crippen LogP) is 2.80. The van der Waals surface area contributed by atoms with Gasteiger partial charge < -0.3 is 89.1 Å². The lowest BCUT2D eigenvalue weighted by Gasteiger charge is -2.23. The Morgan fingerprint density at radius 1 is 0.654 bits per heavy atom. The van der Waals surface area contributed by atoms with Crippen molar-refractivity contribution in [2.75, 3.05) is 164 Å². The van der Waals surface area contributed by atoms with E-state index in [1.165, 1.54) is 0 Å². The van der Waals surface area contributed by atoms with E-state index in [-0.39, 0.29) is 49.7 Å². The van der Waals surface area contributed by atoms with Gasteiger partial charge in [-0.25, -0.2) is 14.3 Å². The molecule has 2 aromatic rings. The zero-order valence-electron chi connectivity index (χ0n) is 48.6. The molecule has 464 valence electrons. The van der Waals surface area contributed by atoms with Gasteiger partial charge in [0.05, 0.1) is 171 Å². The molecule has 0 saturated heterocycles. The number of hydrogen-bond donors (Lipinski definition) is 7. The van der Waals surface area contributed by atoms with Gasteiger partial charge in [0.2, 0.25) is 11.8 Å². The van der Waals surface area contributed by atoms with E-state index in [1.807, 2.05) is 13.8 Å². The molecule has 1 aromatic carbocycles. The van der Waals surface area contributed by atoms with E-state index >= 15 is 0 Å². The topological polar surface area (TPSA) is 333 Å². The van der Waals surface area contributed by atoms with Gasteiger partial charge >= 0.3 is 12.1 Å². The fourth-order valence-electron chi connectivity index (χ4n) is 6.99. The van der Waals surface area contributed by atoms with Crippen LogP contribution in [-0.4, -0.2) is 214 Å². The van der Waals surface area contributed by atoms with Crippen molar-refractivity contribution in [3.8, 4) is 0 Å². The SMILES string of the molecule is CC(C)C[C@H](NC(=O)CNO)C(=O)C[C@@H](CCCNC(N)=O)C(=O)Nc1ccc(COC(=O)NCc2cn(CCOCCOCCOCCOCCOCCOCCOCCOCCOCCOCCOCCC(C)(C)C)nn2)cc1. The number of ketones is 1. The largest absolute Gasteiger partial charge is 0.445 e. The number of aromatic nitrogens is 3. The van der Waals surface area contributed by atoms with E-state index in [4.69, 9.17) is 67.8 Å². The van der Waals surface area contributed by atoms with Crippen LogP contribution < -0.4 is 32.5 Å². The van der Waals surface area contributed by atoms with Crippen molar-refractivity contribution in [2.45, 2.75) is 92.5 Å². The smallest absolute Gasteiger partial charge is 0.407 e. The third-order valence-electron chi connectivity index (χ3n) is 11.3. The quantitative estimate of drug-likeness (QED) is 0.0370. The Morgan fingerprint density at radius 3 is 1.57 bits per heavy atom. The number of primary amides is 1. The molecule has 2 rings (SSSR count). The molecule has 81 heavy (non-hydrogen) atoms. The maximum atomic E-state index is 13.4. The summed E-state index contributed by atoms with van der Waals surface area (Å²) < 4.78 is 67.8. The molecule has 1 aromatic heterocycles. The van der Waals surface area contributed by atoms with Gasteiger partial charge in [-0.15, -0.1) is 5.10 Å². The number of urea groups is 1. The normalized spacial score (nSPS) is 12.3. The Hall–Kier alpha value is -5.01. The predicted molar refractivity (Wildman–Crippen MR) is 296 cm³/mol. The van der Waals surface area contributed by atoms with Crippen molar-refractivity contribution in [1.82, 2.24) is 36.4 Å². The van der Waals surface area contributed by atoms with Gasteiger partial charge in [-0.2, -0.15) is 5.48 Å². The number of hydroxylamine groups is 1. The number of carbonyl (C=O) groups excluding carboxylic acids is 5. The van der Waals surface area contributed by atoms with E-state index in [1.54, 1.807) is 40.6 Å². The number of amides is 5. The number of ether oxygens (including phenoxy) is 12. The molecule has 2 atom stereocenters. The van der Waals surface area contributed by atoms with Crippen molar-refractivity contribution >= 4 is 35.4 Å². The molecule has 1 heterocycles. The summed E-state index contributed by atoms with van der Waals surface area (Å²) in [5, 5.41) is 27.6. The zero-order valence-corrected chi connectivity index (χ0v) is 48.6.